The summed E-state index contributed by atoms with van der Waals surface area (Å²) in [7, 11) is 0. The fourth-order valence-corrected chi connectivity index (χ4v) is 0.604. The third-order valence-corrected chi connectivity index (χ3v) is 1.20. The minimum Gasteiger partial charge on any atom is -0.465 e. The van der Waals surface area contributed by atoms with Crippen LogP contribution in [0, 0.1) is 0 Å². The number of alkyl halides is 1. The zero-order valence-electron chi connectivity index (χ0n) is 6.43. The molecule has 0 saturated heterocycles. The summed E-state index contributed by atoms with van der Waals surface area (Å²) in [5.74, 6) is -0.184. The third-order valence-electron chi connectivity index (χ3n) is 0.934. The monoisotopic (exact) mass is 178 g/mol. The van der Waals surface area contributed by atoms with Gasteiger partial charge in [-0.15, -0.1) is 11.6 Å². The average Bonchev–Trinajstić information content (AvgIpc) is 1.86. The Labute approximate surface area is 70.7 Å². The number of rotatable bonds is 5. The number of ketones is 1. The van der Waals surface area contributed by atoms with Crippen molar-refractivity contribution in [2.45, 2.75) is 19.8 Å². The van der Waals surface area contributed by atoms with Gasteiger partial charge < -0.3 is 4.74 Å². The summed E-state index contributed by atoms with van der Waals surface area (Å²) in [4.78, 5) is 21.0. The molecule has 0 atom stereocenters. The number of halogens is 1. The van der Waals surface area contributed by atoms with Crippen molar-refractivity contribution in [1.29, 1.82) is 0 Å². The maximum atomic E-state index is 10.6. The zero-order chi connectivity index (χ0) is 8.69. The van der Waals surface area contributed by atoms with Gasteiger partial charge >= 0.3 is 5.97 Å². The van der Waals surface area contributed by atoms with Crippen LogP contribution in [0.5, 0.6) is 0 Å². The first-order valence-electron chi connectivity index (χ1n) is 3.38. The second-order valence-electron chi connectivity index (χ2n) is 2.14. The van der Waals surface area contributed by atoms with E-state index in [1.165, 1.54) is 6.92 Å². The standard InChI is InChI=1S/C7H11ClO3/c1-6(9)5-7(10)11-4-2-3-8/h2-5H2,1H3. The molecule has 0 aliphatic rings. The topological polar surface area (TPSA) is 43.4 Å². The zero-order valence-corrected chi connectivity index (χ0v) is 7.19. The molecule has 0 bridgehead atoms. The lowest BCUT2D eigenvalue weighted by Crippen LogP contribution is -2.09. The van der Waals surface area contributed by atoms with Gasteiger partial charge in [0.15, 0.2) is 0 Å². The van der Waals surface area contributed by atoms with Crippen LogP contribution in [-0.2, 0) is 14.3 Å². The Morgan fingerprint density at radius 3 is 2.55 bits per heavy atom. The molecule has 0 heterocycles. The number of Topliss-reactive ketones (excluding diaryl/α,β-unsaturated/α-hetero) is 1. The van der Waals surface area contributed by atoms with Crippen molar-refractivity contribution in [3.63, 3.8) is 0 Å². The molecule has 3 nitrogen and oxygen atoms in total. The summed E-state index contributed by atoms with van der Waals surface area (Å²) in [6, 6.07) is 0. The van der Waals surface area contributed by atoms with E-state index in [1.807, 2.05) is 0 Å². The quantitative estimate of drug-likeness (QED) is 0.275. The smallest absolute Gasteiger partial charge is 0.313 e. The van der Waals surface area contributed by atoms with E-state index in [4.69, 9.17) is 11.6 Å². The normalized spacial score (nSPS) is 9.27. The number of ether oxygens (including phenoxy) is 1. The Bertz CT molecular complexity index is 145. The highest BCUT2D eigenvalue weighted by Gasteiger charge is 2.04. The molecule has 0 aromatic heterocycles. The van der Waals surface area contributed by atoms with Crippen LogP contribution in [0.2, 0.25) is 0 Å². The molecule has 0 aromatic carbocycles. The molecular formula is C7H11ClO3. The van der Waals surface area contributed by atoms with Gasteiger partial charge in [-0.3, -0.25) is 9.59 Å². The average molecular weight is 179 g/mol. The molecule has 0 radical (unpaired) electrons. The molecule has 11 heavy (non-hydrogen) atoms. The van der Waals surface area contributed by atoms with Crippen LogP contribution in [0.15, 0.2) is 0 Å². The van der Waals surface area contributed by atoms with Gasteiger partial charge in [0.1, 0.15) is 12.2 Å². The molecule has 0 N–H and O–H groups in total. The maximum Gasteiger partial charge on any atom is 0.313 e. The largest absolute Gasteiger partial charge is 0.465 e. The Hall–Kier alpha value is -0.570. The van der Waals surface area contributed by atoms with Gasteiger partial charge in [-0.2, -0.15) is 0 Å². The number of esters is 1. The molecule has 0 aliphatic heterocycles. The molecule has 0 saturated carbocycles. The van der Waals surface area contributed by atoms with Gasteiger partial charge in [0.05, 0.1) is 6.61 Å². The molecule has 64 valence electrons. The van der Waals surface area contributed by atoms with Crippen LogP contribution in [0.1, 0.15) is 19.8 Å². The van der Waals surface area contributed by atoms with E-state index in [2.05, 4.69) is 4.74 Å². The van der Waals surface area contributed by atoms with E-state index in [-0.39, 0.29) is 12.2 Å². The summed E-state index contributed by atoms with van der Waals surface area (Å²) in [6.45, 7) is 1.65. The highest BCUT2D eigenvalue weighted by Crippen LogP contribution is 1.91. The predicted molar refractivity (Wildman–Crippen MR) is 41.6 cm³/mol. The molecule has 0 aromatic rings. The van der Waals surface area contributed by atoms with Crippen LogP contribution in [0.4, 0.5) is 0 Å². The molecule has 0 rings (SSSR count). The van der Waals surface area contributed by atoms with Crippen LogP contribution >= 0.6 is 11.6 Å². The van der Waals surface area contributed by atoms with E-state index in [0.29, 0.717) is 18.9 Å². The van der Waals surface area contributed by atoms with Gasteiger partial charge in [-0.1, -0.05) is 0 Å². The second-order valence-corrected chi connectivity index (χ2v) is 2.52. The molecule has 4 heteroatoms. The second kappa shape index (κ2) is 6.16. The lowest BCUT2D eigenvalue weighted by molar-refractivity contribution is -0.145. The lowest BCUT2D eigenvalue weighted by atomic mass is 10.3. The van der Waals surface area contributed by atoms with E-state index in [9.17, 15) is 9.59 Å². The first kappa shape index (κ1) is 10.4. The minimum atomic E-state index is -0.470. The van der Waals surface area contributed by atoms with Crippen molar-refractivity contribution in [3.8, 4) is 0 Å². The molecule has 0 fully saturated rings. The Morgan fingerprint density at radius 1 is 1.45 bits per heavy atom. The SMILES string of the molecule is CC(=O)CC(=O)OCCCCl. The minimum absolute atomic E-state index is 0.137. The molecular weight excluding hydrogens is 168 g/mol. The highest BCUT2D eigenvalue weighted by molar-refractivity contribution is 6.17. The lowest BCUT2D eigenvalue weighted by Gasteiger charge is -2.00. The fraction of sp³-hybridized carbons (Fsp3) is 0.714. The van der Waals surface area contributed by atoms with Crippen molar-refractivity contribution >= 4 is 23.4 Å². The summed E-state index contributed by atoms with van der Waals surface area (Å²) in [5.41, 5.74) is 0. The number of hydrogen-bond acceptors (Lipinski definition) is 3. The Balaban J connectivity index is 3.30. The number of carbonyl (C=O) groups is 2. The van der Waals surface area contributed by atoms with Crippen molar-refractivity contribution < 1.29 is 14.3 Å². The number of hydrogen-bond donors (Lipinski definition) is 0. The number of carbonyl (C=O) groups excluding carboxylic acids is 2. The van der Waals surface area contributed by atoms with E-state index in [0.717, 1.165) is 0 Å². The van der Waals surface area contributed by atoms with E-state index >= 15 is 0 Å². The Kier molecular flexibility index (Phi) is 5.84. The molecule has 0 unspecified atom stereocenters. The summed E-state index contributed by atoms with van der Waals surface area (Å²) in [6.07, 6.45) is 0.494. The summed E-state index contributed by atoms with van der Waals surface area (Å²) in [5, 5.41) is 0. The third kappa shape index (κ3) is 7.33. The van der Waals surface area contributed by atoms with Crippen molar-refractivity contribution in [2.24, 2.45) is 0 Å². The molecule has 0 amide bonds. The van der Waals surface area contributed by atoms with Crippen LogP contribution in [-0.4, -0.2) is 24.2 Å². The molecule has 0 aliphatic carbocycles. The van der Waals surface area contributed by atoms with Gasteiger partial charge in [0.25, 0.3) is 0 Å². The van der Waals surface area contributed by atoms with Crippen molar-refractivity contribution in [2.75, 3.05) is 12.5 Å². The van der Waals surface area contributed by atoms with Gasteiger partial charge in [-0.05, 0) is 13.3 Å². The first-order valence-corrected chi connectivity index (χ1v) is 3.91. The Morgan fingerprint density at radius 2 is 2.09 bits per heavy atom. The fourth-order valence-electron chi connectivity index (χ4n) is 0.495. The van der Waals surface area contributed by atoms with Gasteiger partial charge in [0, 0.05) is 5.88 Å². The van der Waals surface area contributed by atoms with Crippen LogP contribution in [0.3, 0.4) is 0 Å². The first-order chi connectivity index (χ1) is 5.16. The van der Waals surface area contributed by atoms with E-state index < -0.39 is 5.97 Å². The summed E-state index contributed by atoms with van der Waals surface area (Å²) >= 11 is 5.33. The van der Waals surface area contributed by atoms with E-state index in [1.54, 1.807) is 0 Å². The van der Waals surface area contributed by atoms with Crippen LogP contribution < -0.4 is 0 Å². The van der Waals surface area contributed by atoms with Crippen LogP contribution in [0.25, 0.3) is 0 Å². The highest BCUT2D eigenvalue weighted by atomic mass is 35.5. The summed E-state index contributed by atoms with van der Waals surface area (Å²) < 4.78 is 4.65. The van der Waals surface area contributed by atoms with Gasteiger partial charge in [0.2, 0.25) is 0 Å². The maximum absolute atomic E-state index is 10.6. The van der Waals surface area contributed by atoms with Crippen molar-refractivity contribution in [1.82, 2.24) is 0 Å². The van der Waals surface area contributed by atoms with Gasteiger partial charge in [-0.25, -0.2) is 0 Å². The van der Waals surface area contributed by atoms with Crippen molar-refractivity contribution in [3.05, 3.63) is 0 Å². The predicted octanol–water partition coefficient (Wildman–Crippen LogP) is 1.14. The molecule has 0 spiro atoms.